The van der Waals surface area contributed by atoms with Gasteiger partial charge in [-0.3, -0.25) is 4.79 Å². The van der Waals surface area contributed by atoms with E-state index >= 15 is 0 Å². The van der Waals surface area contributed by atoms with E-state index < -0.39 is 0 Å². The zero-order valence-corrected chi connectivity index (χ0v) is 12.8. The Labute approximate surface area is 127 Å². The number of hydrogen-bond donors (Lipinski definition) is 2. The average molecular weight is 290 g/mol. The van der Waals surface area contributed by atoms with E-state index in [4.69, 9.17) is 10.5 Å². The highest BCUT2D eigenvalue weighted by Crippen LogP contribution is 2.25. The van der Waals surface area contributed by atoms with Gasteiger partial charge >= 0.3 is 0 Å². The molecule has 1 saturated carbocycles. The lowest BCUT2D eigenvalue weighted by Gasteiger charge is -2.26. The van der Waals surface area contributed by atoms with Crippen molar-refractivity contribution >= 4 is 17.3 Å². The lowest BCUT2D eigenvalue weighted by atomic mass is 9.89. The SMILES string of the molecule is CC1CCCC(OCCCC(=O)Nc2cccc(N)c2)C1. The Morgan fingerprint density at radius 1 is 1.43 bits per heavy atom. The third kappa shape index (κ3) is 5.76. The van der Waals surface area contributed by atoms with Crippen LogP contribution in [0.5, 0.6) is 0 Å². The number of nitrogens with two attached hydrogens (primary N) is 1. The van der Waals surface area contributed by atoms with Crippen molar-refractivity contribution in [1.29, 1.82) is 0 Å². The number of nitrogen functional groups attached to an aromatic ring is 1. The monoisotopic (exact) mass is 290 g/mol. The largest absolute Gasteiger partial charge is 0.399 e. The minimum atomic E-state index is 0.0150. The fraction of sp³-hybridized carbons (Fsp3) is 0.588. The van der Waals surface area contributed by atoms with Crippen molar-refractivity contribution < 1.29 is 9.53 Å². The van der Waals surface area contributed by atoms with E-state index in [1.54, 1.807) is 12.1 Å². The van der Waals surface area contributed by atoms with Crippen molar-refractivity contribution in [3.8, 4) is 0 Å². The molecule has 1 aromatic rings. The highest BCUT2D eigenvalue weighted by molar-refractivity contribution is 5.91. The van der Waals surface area contributed by atoms with Gasteiger partial charge < -0.3 is 15.8 Å². The van der Waals surface area contributed by atoms with Crippen molar-refractivity contribution in [1.82, 2.24) is 0 Å². The van der Waals surface area contributed by atoms with Gasteiger partial charge in [0.25, 0.3) is 0 Å². The van der Waals surface area contributed by atoms with Crippen LogP contribution in [0.2, 0.25) is 0 Å². The van der Waals surface area contributed by atoms with Crippen molar-refractivity contribution in [2.24, 2.45) is 5.92 Å². The molecule has 0 spiro atoms. The van der Waals surface area contributed by atoms with Crippen LogP contribution in [0.1, 0.15) is 45.4 Å². The number of hydrogen-bond acceptors (Lipinski definition) is 3. The number of nitrogens with one attached hydrogen (secondary N) is 1. The van der Waals surface area contributed by atoms with Crippen LogP contribution in [-0.2, 0) is 9.53 Å². The Morgan fingerprint density at radius 3 is 3.05 bits per heavy atom. The number of anilines is 2. The van der Waals surface area contributed by atoms with Gasteiger partial charge in [-0.2, -0.15) is 0 Å². The van der Waals surface area contributed by atoms with Gasteiger partial charge in [-0.05, 0) is 43.4 Å². The second-order valence-corrected chi connectivity index (χ2v) is 6.04. The van der Waals surface area contributed by atoms with Gasteiger partial charge in [-0.15, -0.1) is 0 Å². The zero-order chi connectivity index (χ0) is 15.1. The number of carbonyl (C=O) groups is 1. The smallest absolute Gasteiger partial charge is 0.224 e. The molecule has 0 aliphatic heterocycles. The molecule has 3 N–H and O–H groups in total. The van der Waals surface area contributed by atoms with Gasteiger partial charge in [0.1, 0.15) is 0 Å². The van der Waals surface area contributed by atoms with Gasteiger partial charge in [0, 0.05) is 24.4 Å². The van der Waals surface area contributed by atoms with Crippen LogP contribution in [0, 0.1) is 5.92 Å². The summed E-state index contributed by atoms with van der Waals surface area (Å²) in [6.45, 7) is 2.95. The summed E-state index contributed by atoms with van der Waals surface area (Å²) in [4.78, 5) is 11.8. The first-order valence-corrected chi connectivity index (χ1v) is 7.90. The predicted octanol–water partition coefficient (Wildman–Crippen LogP) is 3.58. The molecule has 21 heavy (non-hydrogen) atoms. The summed E-state index contributed by atoms with van der Waals surface area (Å²) in [5, 5.41) is 2.85. The molecular weight excluding hydrogens is 264 g/mol. The molecule has 116 valence electrons. The number of carbonyl (C=O) groups excluding carboxylic acids is 1. The van der Waals surface area contributed by atoms with Crippen LogP contribution in [0.15, 0.2) is 24.3 Å². The second-order valence-electron chi connectivity index (χ2n) is 6.04. The Morgan fingerprint density at radius 2 is 2.29 bits per heavy atom. The molecule has 1 aliphatic carbocycles. The standard InChI is InChI=1S/C17H26N2O2/c1-13-5-2-8-16(11-13)21-10-4-9-17(20)19-15-7-3-6-14(18)12-15/h3,6-7,12-13,16H,2,4-5,8-11,18H2,1H3,(H,19,20). The molecule has 4 nitrogen and oxygen atoms in total. The number of rotatable bonds is 6. The maximum absolute atomic E-state index is 11.8. The van der Waals surface area contributed by atoms with E-state index in [0.29, 0.717) is 24.8 Å². The molecule has 4 heteroatoms. The Bertz CT molecular complexity index is 462. The predicted molar refractivity (Wildman–Crippen MR) is 86.1 cm³/mol. The first-order valence-electron chi connectivity index (χ1n) is 7.90. The fourth-order valence-corrected chi connectivity index (χ4v) is 2.85. The van der Waals surface area contributed by atoms with Crippen molar-refractivity contribution in [3.63, 3.8) is 0 Å². The van der Waals surface area contributed by atoms with Gasteiger partial charge in [-0.25, -0.2) is 0 Å². The first kappa shape index (κ1) is 15.8. The fourth-order valence-electron chi connectivity index (χ4n) is 2.85. The molecule has 1 fully saturated rings. The molecule has 0 radical (unpaired) electrons. The summed E-state index contributed by atoms with van der Waals surface area (Å²) in [5.41, 5.74) is 7.09. The minimum absolute atomic E-state index is 0.0150. The van der Waals surface area contributed by atoms with Gasteiger partial charge in [0.2, 0.25) is 5.91 Å². The van der Waals surface area contributed by atoms with E-state index in [0.717, 1.165) is 24.4 Å². The maximum Gasteiger partial charge on any atom is 0.224 e. The van der Waals surface area contributed by atoms with E-state index in [9.17, 15) is 4.79 Å². The van der Waals surface area contributed by atoms with Crippen molar-refractivity contribution in [2.75, 3.05) is 17.7 Å². The third-order valence-corrected chi connectivity index (χ3v) is 3.96. The van der Waals surface area contributed by atoms with Crippen molar-refractivity contribution in [3.05, 3.63) is 24.3 Å². The minimum Gasteiger partial charge on any atom is -0.399 e. The summed E-state index contributed by atoms with van der Waals surface area (Å²) < 4.78 is 5.87. The summed E-state index contributed by atoms with van der Waals surface area (Å²) in [6, 6.07) is 7.24. The van der Waals surface area contributed by atoms with Crippen LogP contribution in [0.4, 0.5) is 11.4 Å². The normalized spacial score (nSPS) is 22.0. The van der Waals surface area contributed by atoms with E-state index in [1.165, 1.54) is 19.3 Å². The first-order chi connectivity index (χ1) is 10.1. The third-order valence-electron chi connectivity index (χ3n) is 3.96. The van der Waals surface area contributed by atoms with Crippen molar-refractivity contribution in [2.45, 2.75) is 51.6 Å². The average Bonchev–Trinajstić information content (AvgIpc) is 2.44. The van der Waals surface area contributed by atoms with E-state index in [1.807, 2.05) is 12.1 Å². The Balaban J connectivity index is 1.61. The van der Waals surface area contributed by atoms with E-state index in [2.05, 4.69) is 12.2 Å². The molecule has 0 heterocycles. The lowest BCUT2D eigenvalue weighted by molar-refractivity contribution is -0.116. The van der Waals surface area contributed by atoms with Gasteiger partial charge in [0.15, 0.2) is 0 Å². The molecule has 2 rings (SSSR count). The molecule has 0 aromatic heterocycles. The summed E-state index contributed by atoms with van der Waals surface area (Å²) in [6.07, 6.45) is 6.56. The molecule has 2 atom stereocenters. The number of amides is 1. The second kappa shape index (κ2) is 8.03. The summed E-state index contributed by atoms with van der Waals surface area (Å²) >= 11 is 0. The molecule has 1 aromatic carbocycles. The van der Waals surface area contributed by atoms with Crippen LogP contribution >= 0.6 is 0 Å². The summed E-state index contributed by atoms with van der Waals surface area (Å²) in [7, 11) is 0. The van der Waals surface area contributed by atoms with Gasteiger partial charge in [-0.1, -0.05) is 25.8 Å². The molecule has 0 saturated heterocycles. The van der Waals surface area contributed by atoms with Crippen LogP contribution in [-0.4, -0.2) is 18.6 Å². The zero-order valence-electron chi connectivity index (χ0n) is 12.8. The number of benzene rings is 1. The molecular formula is C17H26N2O2. The Kier molecular flexibility index (Phi) is 6.05. The molecule has 0 bridgehead atoms. The number of ether oxygens (including phenoxy) is 1. The highest BCUT2D eigenvalue weighted by Gasteiger charge is 2.18. The van der Waals surface area contributed by atoms with Crippen LogP contribution in [0.25, 0.3) is 0 Å². The van der Waals surface area contributed by atoms with Crippen LogP contribution in [0.3, 0.4) is 0 Å². The molecule has 1 aliphatic rings. The highest BCUT2D eigenvalue weighted by atomic mass is 16.5. The Hall–Kier alpha value is -1.55. The van der Waals surface area contributed by atoms with E-state index in [-0.39, 0.29) is 5.91 Å². The molecule has 2 unspecified atom stereocenters. The molecule has 1 amide bonds. The lowest BCUT2D eigenvalue weighted by Crippen LogP contribution is -2.22. The van der Waals surface area contributed by atoms with Gasteiger partial charge in [0.05, 0.1) is 6.10 Å². The maximum atomic E-state index is 11.8. The summed E-state index contributed by atoms with van der Waals surface area (Å²) in [5.74, 6) is 0.789. The quantitative estimate of drug-likeness (QED) is 0.621. The van der Waals surface area contributed by atoms with Crippen LogP contribution < -0.4 is 11.1 Å². The topological polar surface area (TPSA) is 64.3 Å².